The second-order valence-corrected chi connectivity index (χ2v) is 7.23. The van der Waals surface area contributed by atoms with Crippen LogP contribution in [0.2, 0.25) is 0 Å². The first-order valence-electron chi connectivity index (χ1n) is 8.93. The molecule has 0 atom stereocenters. The molecule has 1 heterocycles. The van der Waals surface area contributed by atoms with E-state index in [2.05, 4.69) is 24.1 Å². The van der Waals surface area contributed by atoms with Crippen LogP contribution in [0.4, 0.5) is 0 Å². The summed E-state index contributed by atoms with van der Waals surface area (Å²) in [6, 6.07) is 0.289. The number of ether oxygens (including phenoxy) is 1. The Morgan fingerprint density at radius 3 is 2.33 bits per heavy atom. The molecule has 5 nitrogen and oxygen atoms in total. The van der Waals surface area contributed by atoms with E-state index in [4.69, 9.17) is 10.5 Å². The van der Waals surface area contributed by atoms with Crippen LogP contribution in [0.15, 0.2) is 0 Å². The van der Waals surface area contributed by atoms with Gasteiger partial charge in [0.1, 0.15) is 0 Å². The van der Waals surface area contributed by atoms with Gasteiger partial charge in [0.2, 0.25) is 5.91 Å². The first-order valence-corrected chi connectivity index (χ1v) is 8.93. The van der Waals surface area contributed by atoms with Gasteiger partial charge in [-0.2, -0.15) is 0 Å². The fraction of sp³-hybridized carbons (Fsp3) is 0.941. The van der Waals surface area contributed by atoms with Gasteiger partial charge >= 0.3 is 0 Å². The van der Waals surface area contributed by atoms with E-state index in [0.717, 1.165) is 64.8 Å². The van der Waals surface area contributed by atoms with Crippen molar-refractivity contribution in [1.82, 2.24) is 10.2 Å². The molecule has 1 aliphatic carbocycles. The number of hydrogen-bond acceptors (Lipinski definition) is 4. The van der Waals surface area contributed by atoms with Crippen LogP contribution in [-0.4, -0.2) is 54.7 Å². The lowest BCUT2D eigenvalue weighted by molar-refractivity contribution is -0.128. The van der Waals surface area contributed by atoms with Crippen LogP contribution >= 0.6 is 24.8 Å². The number of nitrogens with one attached hydrogen (secondary N) is 1. The molecular formula is C17H35Cl2N3O2. The number of likely N-dealkylation sites (tertiary alicyclic amines) is 1. The zero-order valence-corrected chi connectivity index (χ0v) is 16.7. The Morgan fingerprint density at radius 2 is 1.79 bits per heavy atom. The Morgan fingerprint density at radius 1 is 1.21 bits per heavy atom. The topological polar surface area (TPSA) is 67.6 Å². The molecule has 0 spiro atoms. The van der Waals surface area contributed by atoms with Crippen molar-refractivity contribution >= 4 is 30.7 Å². The zero-order valence-electron chi connectivity index (χ0n) is 15.1. The van der Waals surface area contributed by atoms with E-state index in [1.54, 1.807) is 0 Å². The predicted octanol–water partition coefficient (Wildman–Crippen LogP) is 2.50. The smallest absolute Gasteiger partial charge is 0.240 e. The number of hydrogen-bond donors (Lipinski definition) is 2. The van der Waals surface area contributed by atoms with Gasteiger partial charge < -0.3 is 20.7 Å². The lowest BCUT2D eigenvalue weighted by Gasteiger charge is -2.36. The first-order chi connectivity index (χ1) is 10.5. The van der Waals surface area contributed by atoms with Gasteiger partial charge in [-0.1, -0.05) is 19.3 Å². The summed E-state index contributed by atoms with van der Waals surface area (Å²) in [6.45, 7) is 7.97. The molecule has 2 fully saturated rings. The largest absolute Gasteiger partial charge is 0.377 e. The highest BCUT2D eigenvalue weighted by Crippen LogP contribution is 2.26. The van der Waals surface area contributed by atoms with Crippen molar-refractivity contribution in [3.63, 3.8) is 0 Å². The molecule has 0 radical (unpaired) electrons. The number of amides is 1. The van der Waals surface area contributed by atoms with Gasteiger partial charge in [0.05, 0.1) is 18.2 Å². The molecule has 24 heavy (non-hydrogen) atoms. The normalized spacial score (nSPS) is 21.7. The Kier molecular flexibility index (Phi) is 11.5. The summed E-state index contributed by atoms with van der Waals surface area (Å²) in [5, 5.41) is 3.20. The lowest BCUT2D eigenvalue weighted by Crippen LogP contribution is -2.58. The van der Waals surface area contributed by atoms with Gasteiger partial charge in [0.15, 0.2) is 0 Å². The second-order valence-electron chi connectivity index (χ2n) is 7.23. The van der Waals surface area contributed by atoms with Gasteiger partial charge in [-0.05, 0) is 39.5 Å². The van der Waals surface area contributed by atoms with Crippen LogP contribution in [0, 0.1) is 0 Å². The number of carbonyl (C=O) groups is 1. The van der Waals surface area contributed by atoms with Crippen molar-refractivity contribution in [1.29, 1.82) is 0 Å². The molecule has 1 saturated heterocycles. The summed E-state index contributed by atoms with van der Waals surface area (Å²) in [7, 11) is 0. The Balaban J connectivity index is 0.00000264. The van der Waals surface area contributed by atoms with Crippen LogP contribution in [0.3, 0.4) is 0 Å². The van der Waals surface area contributed by atoms with Gasteiger partial charge in [-0.3, -0.25) is 4.79 Å². The van der Waals surface area contributed by atoms with Gasteiger partial charge in [0.25, 0.3) is 0 Å². The van der Waals surface area contributed by atoms with E-state index in [1.165, 1.54) is 6.42 Å². The molecule has 0 aromatic carbocycles. The molecule has 3 N–H and O–H groups in total. The number of carbonyl (C=O) groups excluding carboxylic acids is 1. The summed E-state index contributed by atoms with van der Waals surface area (Å²) in [5.41, 5.74) is 5.69. The maximum atomic E-state index is 12.4. The fourth-order valence-electron chi connectivity index (χ4n) is 3.46. The highest BCUT2D eigenvalue weighted by molar-refractivity contribution is 5.86. The minimum absolute atomic E-state index is 0. The SMILES string of the molecule is CC(C)OCCN1CCC(NC(=O)C2(N)CCCCC2)CC1.Cl.Cl. The number of nitrogens with zero attached hydrogens (tertiary/aromatic N) is 1. The summed E-state index contributed by atoms with van der Waals surface area (Å²) < 4.78 is 5.60. The molecule has 0 unspecified atom stereocenters. The second kappa shape index (κ2) is 11.5. The van der Waals surface area contributed by atoms with Crippen molar-refractivity contribution in [2.75, 3.05) is 26.2 Å². The van der Waals surface area contributed by atoms with Crippen LogP contribution in [0.1, 0.15) is 58.8 Å². The van der Waals surface area contributed by atoms with Gasteiger partial charge in [-0.25, -0.2) is 0 Å². The van der Waals surface area contributed by atoms with Crippen LogP contribution in [0.5, 0.6) is 0 Å². The van der Waals surface area contributed by atoms with E-state index in [9.17, 15) is 4.79 Å². The number of halogens is 2. The molecule has 0 aromatic heterocycles. The first kappa shape index (κ1) is 23.9. The van der Waals surface area contributed by atoms with Crippen molar-refractivity contribution in [3.8, 4) is 0 Å². The standard InChI is InChI=1S/C17H33N3O2.2ClH/c1-14(2)22-13-12-20-10-6-15(7-11-20)19-16(21)17(18)8-4-3-5-9-17;;/h14-15H,3-13,18H2,1-2H3,(H,19,21);2*1H. The summed E-state index contributed by atoms with van der Waals surface area (Å²) in [6.07, 6.45) is 7.38. The van der Waals surface area contributed by atoms with E-state index >= 15 is 0 Å². The zero-order chi connectivity index (χ0) is 16.0. The molecule has 0 bridgehead atoms. The van der Waals surface area contributed by atoms with E-state index in [0.29, 0.717) is 6.10 Å². The average Bonchev–Trinajstić information content (AvgIpc) is 2.49. The summed E-state index contributed by atoms with van der Waals surface area (Å²) in [4.78, 5) is 14.9. The van der Waals surface area contributed by atoms with Crippen molar-refractivity contribution in [2.24, 2.45) is 5.73 Å². The minimum atomic E-state index is -0.611. The molecule has 2 aliphatic rings. The third kappa shape index (κ3) is 7.44. The molecule has 1 aliphatic heterocycles. The highest BCUT2D eigenvalue weighted by atomic mass is 35.5. The molecule has 1 saturated carbocycles. The van der Waals surface area contributed by atoms with E-state index in [-0.39, 0.29) is 36.8 Å². The van der Waals surface area contributed by atoms with Crippen molar-refractivity contribution < 1.29 is 9.53 Å². The van der Waals surface area contributed by atoms with Gasteiger partial charge in [-0.15, -0.1) is 24.8 Å². The molecule has 2 rings (SSSR count). The molecule has 1 amide bonds. The highest BCUT2D eigenvalue weighted by Gasteiger charge is 2.36. The third-order valence-corrected chi connectivity index (χ3v) is 4.98. The fourth-order valence-corrected chi connectivity index (χ4v) is 3.46. The van der Waals surface area contributed by atoms with Crippen molar-refractivity contribution in [3.05, 3.63) is 0 Å². The lowest BCUT2D eigenvalue weighted by atomic mass is 9.81. The number of piperidine rings is 1. The van der Waals surface area contributed by atoms with Crippen molar-refractivity contribution in [2.45, 2.75) is 76.5 Å². The maximum Gasteiger partial charge on any atom is 0.240 e. The Labute approximate surface area is 159 Å². The number of nitrogens with two attached hydrogens (primary N) is 1. The van der Waals surface area contributed by atoms with Crippen LogP contribution < -0.4 is 11.1 Å². The minimum Gasteiger partial charge on any atom is -0.377 e. The molecule has 144 valence electrons. The average molecular weight is 384 g/mol. The monoisotopic (exact) mass is 383 g/mol. The third-order valence-electron chi connectivity index (χ3n) is 4.98. The van der Waals surface area contributed by atoms with Gasteiger partial charge in [0, 0.05) is 25.7 Å². The quantitative estimate of drug-likeness (QED) is 0.739. The molecular weight excluding hydrogens is 349 g/mol. The Bertz CT molecular complexity index is 356. The molecule has 7 heteroatoms. The maximum absolute atomic E-state index is 12.4. The number of rotatable bonds is 6. The Hall–Kier alpha value is -0.0700. The summed E-state index contributed by atoms with van der Waals surface area (Å²) >= 11 is 0. The van der Waals surface area contributed by atoms with E-state index < -0.39 is 5.54 Å². The van der Waals surface area contributed by atoms with E-state index in [1.807, 2.05) is 0 Å². The molecule has 0 aromatic rings. The summed E-state index contributed by atoms with van der Waals surface area (Å²) in [5.74, 6) is 0.0776. The predicted molar refractivity (Wildman–Crippen MR) is 103 cm³/mol. The van der Waals surface area contributed by atoms with Crippen LogP contribution in [0.25, 0.3) is 0 Å². The van der Waals surface area contributed by atoms with Crippen LogP contribution in [-0.2, 0) is 9.53 Å².